The average molecular weight is 476 g/mol. The van der Waals surface area contributed by atoms with E-state index in [1.165, 1.54) is 18.4 Å². The molecule has 5 rings (SSSR count). The number of methoxy groups -OCH3 is 1. The van der Waals surface area contributed by atoms with Crippen LogP contribution >= 0.6 is 11.3 Å². The molecule has 0 unspecified atom stereocenters. The topological polar surface area (TPSA) is 100 Å². The highest BCUT2D eigenvalue weighted by molar-refractivity contribution is 7.10. The zero-order valence-corrected chi connectivity index (χ0v) is 19.6. The summed E-state index contributed by atoms with van der Waals surface area (Å²) in [5.41, 5.74) is 2.97. The lowest BCUT2D eigenvalue weighted by Gasteiger charge is -2.31. The number of nitrogens with one attached hydrogen (secondary N) is 2. The number of nitrogens with zero attached hydrogens (tertiary/aromatic N) is 3. The third-order valence-corrected chi connectivity index (χ3v) is 7.19. The lowest BCUT2D eigenvalue weighted by atomic mass is 9.97. The van der Waals surface area contributed by atoms with Crippen LogP contribution in [0.1, 0.15) is 39.8 Å². The molecule has 1 fully saturated rings. The number of hydrogen-bond donors (Lipinski definition) is 2. The van der Waals surface area contributed by atoms with Gasteiger partial charge in [0.25, 0.3) is 5.91 Å². The van der Waals surface area contributed by atoms with Crippen LogP contribution in [0.2, 0.25) is 0 Å². The average Bonchev–Trinajstić information content (AvgIpc) is 3.53. The first-order valence-corrected chi connectivity index (χ1v) is 12.1. The number of carbonyl (C=O) groups excluding carboxylic acids is 2. The molecule has 34 heavy (non-hydrogen) atoms. The molecule has 2 amide bonds. The molecule has 4 aromatic rings. The molecule has 0 spiro atoms. The number of hydrogen-bond acceptors (Lipinski definition) is 6. The van der Waals surface area contributed by atoms with Gasteiger partial charge in [0.15, 0.2) is 0 Å². The maximum absolute atomic E-state index is 12.9. The number of aromatic nitrogens is 3. The van der Waals surface area contributed by atoms with Gasteiger partial charge in [-0.1, -0.05) is 18.2 Å². The Balaban J connectivity index is 1.17. The van der Waals surface area contributed by atoms with Crippen molar-refractivity contribution in [2.24, 2.45) is 0 Å². The Hall–Kier alpha value is -3.72. The van der Waals surface area contributed by atoms with E-state index in [0.29, 0.717) is 36.8 Å². The van der Waals surface area contributed by atoms with E-state index in [-0.39, 0.29) is 17.7 Å². The van der Waals surface area contributed by atoms with Gasteiger partial charge in [-0.15, -0.1) is 11.3 Å². The van der Waals surface area contributed by atoms with Crippen molar-refractivity contribution in [3.8, 4) is 5.88 Å². The number of thiazole rings is 1. The van der Waals surface area contributed by atoms with Crippen molar-refractivity contribution in [1.82, 2.24) is 19.9 Å². The highest BCUT2D eigenvalue weighted by Gasteiger charge is 2.27. The fraction of sp³-hybridized carbons (Fsp3) is 0.280. The van der Waals surface area contributed by atoms with Crippen molar-refractivity contribution in [1.29, 1.82) is 0 Å². The minimum atomic E-state index is -0.292. The first-order chi connectivity index (χ1) is 16.6. The van der Waals surface area contributed by atoms with Crippen molar-refractivity contribution in [3.05, 3.63) is 70.4 Å². The van der Waals surface area contributed by atoms with Crippen molar-refractivity contribution >= 4 is 39.7 Å². The molecule has 0 saturated carbocycles. The Morgan fingerprint density at radius 2 is 2.03 bits per heavy atom. The maximum atomic E-state index is 12.9. The molecular weight excluding hydrogens is 450 g/mol. The van der Waals surface area contributed by atoms with E-state index < -0.39 is 0 Å². The number of ether oxygens (including phenoxy) is 1. The van der Waals surface area contributed by atoms with Gasteiger partial charge in [-0.05, 0) is 36.6 Å². The summed E-state index contributed by atoms with van der Waals surface area (Å²) in [4.78, 5) is 39.4. The molecular formula is C25H25N5O3S. The predicted molar refractivity (Wildman–Crippen MR) is 131 cm³/mol. The smallest absolute Gasteiger partial charge is 0.275 e. The Morgan fingerprint density at radius 1 is 1.21 bits per heavy atom. The normalized spacial score (nSPS) is 14.3. The first kappa shape index (κ1) is 22.1. The summed E-state index contributed by atoms with van der Waals surface area (Å²) in [6, 6.07) is 11.5. The van der Waals surface area contributed by atoms with Crippen LogP contribution in [0, 0.1) is 0 Å². The van der Waals surface area contributed by atoms with Gasteiger partial charge in [0.2, 0.25) is 11.8 Å². The van der Waals surface area contributed by atoms with E-state index in [9.17, 15) is 9.59 Å². The minimum Gasteiger partial charge on any atom is -0.480 e. The van der Waals surface area contributed by atoms with Gasteiger partial charge in [0.1, 0.15) is 11.4 Å². The third kappa shape index (κ3) is 4.51. The van der Waals surface area contributed by atoms with Crippen LogP contribution in [0.4, 0.5) is 5.69 Å². The van der Waals surface area contributed by atoms with Crippen LogP contribution in [0.5, 0.6) is 5.88 Å². The molecule has 1 aromatic carbocycles. The molecule has 0 aliphatic carbocycles. The highest BCUT2D eigenvalue weighted by atomic mass is 32.1. The molecule has 1 aliphatic heterocycles. The summed E-state index contributed by atoms with van der Waals surface area (Å²) in [6.45, 7) is 1.39. The molecule has 1 saturated heterocycles. The number of carbonyl (C=O) groups is 2. The molecule has 1 aliphatic rings. The summed E-state index contributed by atoms with van der Waals surface area (Å²) < 4.78 is 5.19. The standard InChI is InChI=1S/C25H25N5O3S/c1-33-24-20(7-4-10-26-24)28-23(32)21-15-34-25(29-21)16-8-11-30(12-9-16)22(31)13-17-14-27-19-6-3-2-5-18(17)19/h2-7,10,14-16,27H,8-9,11-13H2,1H3,(H,28,32). The van der Waals surface area contributed by atoms with Crippen LogP contribution < -0.4 is 10.1 Å². The number of para-hydroxylation sites is 1. The predicted octanol–water partition coefficient (Wildman–Crippen LogP) is 4.23. The largest absolute Gasteiger partial charge is 0.480 e. The van der Waals surface area contributed by atoms with Gasteiger partial charge in [-0.3, -0.25) is 9.59 Å². The Kier molecular flexibility index (Phi) is 6.27. The quantitative estimate of drug-likeness (QED) is 0.435. The number of anilines is 1. The molecule has 0 radical (unpaired) electrons. The minimum absolute atomic E-state index is 0.146. The molecule has 0 bridgehead atoms. The highest BCUT2D eigenvalue weighted by Crippen LogP contribution is 2.31. The molecule has 8 nitrogen and oxygen atoms in total. The van der Waals surface area contributed by atoms with E-state index in [2.05, 4.69) is 20.3 Å². The van der Waals surface area contributed by atoms with Gasteiger partial charge < -0.3 is 19.9 Å². The fourth-order valence-electron chi connectivity index (χ4n) is 4.34. The van der Waals surface area contributed by atoms with Gasteiger partial charge in [-0.25, -0.2) is 9.97 Å². The van der Waals surface area contributed by atoms with Gasteiger partial charge in [0, 0.05) is 47.7 Å². The van der Waals surface area contributed by atoms with E-state index in [1.54, 1.807) is 23.7 Å². The number of amides is 2. The van der Waals surface area contributed by atoms with Crippen LogP contribution in [0.3, 0.4) is 0 Å². The monoisotopic (exact) mass is 475 g/mol. The van der Waals surface area contributed by atoms with Crippen LogP contribution in [0.15, 0.2) is 54.2 Å². The second-order valence-electron chi connectivity index (χ2n) is 8.28. The molecule has 174 valence electrons. The number of piperidine rings is 1. The van der Waals surface area contributed by atoms with Crippen LogP contribution in [0.25, 0.3) is 10.9 Å². The number of pyridine rings is 1. The first-order valence-electron chi connectivity index (χ1n) is 11.2. The molecule has 3 aromatic heterocycles. The zero-order valence-electron chi connectivity index (χ0n) is 18.8. The van der Waals surface area contributed by atoms with Crippen LogP contribution in [-0.4, -0.2) is 51.9 Å². The van der Waals surface area contributed by atoms with Crippen molar-refractivity contribution < 1.29 is 14.3 Å². The van der Waals surface area contributed by atoms with E-state index in [4.69, 9.17) is 4.74 Å². The number of rotatable bonds is 6. The van der Waals surface area contributed by atoms with Gasteiger partial charge in [0.05, 0.1) is 18.5 Å². The number of fused-ring (bicyclic) bond motifs is 1. The van der Waals surface area contributed by atoms with Crippen LogP contribution in [-0.2, 0) is 11.2 Å². The lowest BCUT2D eigenvalue weighted by molar-refractivity contribution is -0.131. The summed E-state index contributed by atoms with van der Waals surface area (Å²) in [5.74, 6) is 0.459. The van der Waals surface area contributed by atoms with Crippen molar-refractivity contribution in [3.63, 3.8) is 0 Å². The van der Waals surface area contributed by atoms with Crippen molar-refractivity contribution in [2.75, 3.05) is 25.5 Å². The Bertz CT molecular complexity index is 1320. The molecule has 9 heteroatoms. The zero-order chi connectivity index (χ0) is 23.5. The Morgan fingerprint density at radius 3 is 2.85 bits per heavy atom. The molecule has 4 heterocycles. The third-order valence-electron chi connectivity index (χ3n) is 6.18. The number of benzene rings is 1. The summed E-state index contributed by atoms with van der Waals surface area (Å²) in [7, 11) is 1.51. The number of H-pyrrole nitrogens is 1. The SMILES string of the molecule is COc1ncccc1NC(=O)c1csc(C2CCN(C(=O)Cc3c[nH]c4ccccc34)CC2)n1. The fourth-order valence-corrected chi connectivity index (χ4v) is 5.31. The van der Waals surface area contributed by atoms with E-state index >= 15 is 0 Å². The van der Waals surface area contributed by atoms with Crippen molar-refractivity contribution in [2.45, 2.75) is 25.2 Å². The Labute approximate surface area is 201 Å². The second-order valence-corrected chi connectivity index (χ2v) is 9.17. The summed E-state index contributed by atoms with van der Waals surface area (Å²) >= 11 is 1.49. The van der Waals surface area contributed by atoms with E-state index in [1.807, 2.05) is 35.4 Å². The maximum Gasteiger partial charge on any atom is 0.275 e. The molecule has 2 N–H and O–H groups in total. The number of likely N-dealkylation sites (tertiary alicyclic amines) is 1. The second kappa shape index (κ2) is 9.64. The van der Waals surface area contributed by atoms with Gasteiger partial charge >= 0.3 is 0 Å². The van der Waals surface area contributed by atoms with Gasteiger partial charge in [-0.2, -0.15) is 0 Å². The molecule has 0 atom stereocenters. The number of aromatic amines is 1. The summed E-state index contributed by atoms with van der Waals surface area (Å²) in [6.07, 6.45) is 5.61. The lowest BCUT2D eigenvalue weighted by Crippen LogP contribution is -2.38. The van der Waals surface area contributed by atoms with E-state index in [0.717, 1.165) is 34.3 Å². The summed E-state index contributed by atoms with van der Waals surface area (Å²) in [5, 5.41) is 6.63.